The van der Waals surface area contributed by atoms with Crippen LogP contribution in [0.15, 0.2) is 30.5 Å². The van der Waals surface area contributed by atoms with Crippen molar-refractivity contribution in [2.24, 2.45) is 5.41 Å². The van der Waals surface area contributed by atoms with Gasteiger partial charge < -0.3 is 9.64 Å². The lowest BCUT2D eigenvalue weighted by atomic mass is 9.78. The van der Waals surface area contributed by atoms with E-state index in [9.17, 15) is 0 Å². The summed E-state index contributed by atoms with van der Waals surface area (Å²) in [5, 5.41) is 8.07. The first kappa shape index (κ1) is 16.0. The molecular formula is C19H20ClN5O. The van der Waals surface area contributed by atoms with Gasteiger partial charge in [-0.2, -0.15) is 5.10 Å². The number of benzene rings is 1. The van der Waals surface area contributed by atoms with Crippen molar-refractivity contribution in [3.05, 3.63) is 35.5 Å². The minimum Gasteiger partial charge on any atom is -0.381 e. The molecule has 26 heavy (non-hydrogen) atoms. The third-order valence-corrected chi connectivity index (χ3v) is 6.05. The van der Waals surface area contributed by atoms with Gasteiger partial charge in [-0.25, -0.2) is 9.97 Å². The van der Waals surface area contributed by atoms with Gasteiger partial charge >= 0.3 is 0 Å². The largest absolute Gasteiger partial charge is 0.381 e. The molecule has 0 aliphatic carbocycles. The molecule has 0 bridgehead atoms. The molecule has 2 fully saturated rings. The van der Waals surface area contributed by atoms with Gasteiger partial charge in [-0.15, -0.1) is 0 Å². The summed E-state index contributed by atoms with van der Waals surface area (Å²) < 4.78 is 5.62. The summed E-state index contributed by atoms with van der Waals surface area (Å²) in [5.41, 5.74) is 3.44. The minimum atomic E-state index is 0.388. The highest BCUT2D eigenvalue weighted by atomic mass is 35.5. The number of H-pyrrole nitrogens is 1. The minimum absolute atomic E-state index is 0.388. The Morgan fingerprint density at radius 1 is 1.15 bits per heavy atom. The van der Waals surface area contributed by atoms with Crippen molar-refractivity contribution >= 4 is 28.6 Å². The van der Waals surface area contributed by atoms with Crippen LogP contribution < -0.4 is 4.90 Å². The normalized spacial score (nSPS) is 19.5. The fourth-order valence-electron chi connectivity index (χ4n) is 4.04. The number of nitrogens with one attached hydrogen (secondary N) is 1. The molecule has 5 rings (SSSR count). The number of ether oxygens (including phenoxy) is 1. The van der Waals surface area contributed by atoms with Crippen LogP contribution in [0.3, 0.4) is 0 Å². The quantitative estimate of drug-likeness (QED) is 0.746. The molecule has 0 saturated carbocycles. The number of hydrogen-bond donors (Lipinski definition) is 1. The van der Waals surface area contributed by atoms with Gasteiger partial charge in [0.25, 0.3) is 0 Å². The van der Waals surface area contributed by atoms with Crippen LogP contribution in [-0.4, -0.2) is 46.5 Å². The lowest BCUT2D eigenvalue weighted by Gasteiger charge is -2.38. The molecule has 4 heterocycles. The van der Waals surface area contributed by atoms with E-state index in [1.54, 1.807) is 0 Å². The molecule has 6 nitrogen and oxygen atoms in total. The summed E-state index contributed by atoms with van der Waals surface area (Å²) >= 11 is 6.31. The number of piperidine rings is 1. The first-order valence-electron chi connectivity index (χ1n) is 9.03. The van der Waals surface area contributed by atoms with Gasteiger partial charge in [0.15, 0.2) is 5.65 Å². The van der Waals surface area contributed by atoms with Gasteiger partial charge in [-0.05, 0) is 30.7 Å². The Morgan fingerprint density at radius 2 is 2.00 bits per heavy atom. The van der Waals surface area contributed by atoms with Crippen molar-refractivity contribution in [3.63, 3.8) is 0 Å². The van der Waals surface area contributed by atoms with Crippen LogP contribution in [-0.2, 0) is 4.74 Å². The van der Waals surface area contributed by atoms with E-state index in [-0.39, 0.29) is 0 Å². The van der Waals surface area contributed by atoms with E-state index in [0.717, 1.165) is 61.7 Å². The molecule has 134 valence electrons. The molecular weight excluding hydrogens is 350 g/mol. The molecule has 0 amide bonds. The zero-order valence-corrected chi connectivity index (χ0v) is 15.2. The van der Waals surface area contributed by atoms with Crippen molar-refractivity contribution < 1.29 is 4.74 Å². The topological polar surface area (TPSA) is 66.9 Å². The second-order valence-corrected chi connectivity index (χ2v) is 7.67. The molecule has 3 aromatic rings. The number of aromatic amines is 1. The SMILES string of the molecule is Clc1ccccc1-c1n[nH]c2nc(N3CCC4(CCOC4)CC3)cnc12. The Bertz CT molecular complexity index is 940. The third kappa shape index (κ3) is 2.64. The molecule has 0 atom stereocenters. The molecule has 2 aliphatic rings. The first-order chi connectivity index (χ1) is 12.7. The molecule has 1 aromatic carbocycles. The maximum atomic E-state index is 6.31. The van der Waals surface area contributed by atoms with Gasteiger partial charge in [-0.1, -0.05) is 29.8 Å². The van der Waals surface area contributed by atoms with E-state index in [1.165, 1.54) is 6.42 Å². The van der Waals surface area contributed by atoms with E-state index in [1.807, 2.05) is 30.5 Å². The molecule has 1 N–H and O–H groups in total. The predicted octanol–water partition coefficient (Wildman–Crippen LogP) is 3.68. The van der Waals surface area contributed by atoms with Crippen molar-refractivity contribution in [2.75, 3.05) is 31.2 Å². The number of fused-ring (bicyclic) bond motifs is 1. The Balaban J connectivity index is 1.42. The summed E-state index contributed by atoms with van der Waals surface area (Å²) in [6, 6.07) is 7.65. The lowest BCUT2D eigenvalue weighted by Crippen LogP contribution is -2.40. The summed E-state index contributed by atoms with van der Waals surface area (Å²) in [6.07, 6.45) is 5.34. The molecule has 2 saturated heterocycles. The van der Waals surface area contributed by atoms with Crippen LogP contribution in [0.5, 0.6) is 0 Å². The Hall–Kier alpha value is -2.18. The number of anilines is 1. The number of hydrogen-bond acceptors (Lipinski definition) is 5. The number of aromatic nitrogens is 4. The van der Waals surface area contributed by atoms with Gasteiger partial charge in [0.05, 0.1) is 17.8 Å². The lowest BCUT2D eigenvalue weighted by molar-refractivity contribution is 0.133. The molecule has 1 spiro atoms. The van der Waals surface area contributed by atoms with Gasteiger partial charge in [0.2, 0.25) is 0 Å². The summed E-state index contributed by atoms with van der Waals surface area (Å²) in [6.45, 7) is 3.81. The third-order valence-electron chi connectivity index (χ3n) is 5.72. The summed E-state index contributed by atoms with van der Waals surface area (Å²) in [7, 11) is 0. The van der Waals surface area contributed by atoms with Gasteiger partial charge in [-0.3, -0.25) is 5.10 Å². The fourth-order valence-corrected chi connectivity index (χ4v) is 4.27. The highest BCUT2D eigenvalue weighted by Gasteiger charge is 2.38. The van der Waals surface area contributed by atoms with Crippen LogP contribution in [0.25, 0.3) is 22.4 Å². The summed E-state index contributed by atoms with van der Waals surface area (Å²) in [5.74, 6) is 0.903. The predicted molar refractivity (Wildman–Crippen MR) is 101 cm³/mol. The highest BCUT2D eigenvalue weighted by molar-refractivity contribution is 6.33. The standard InChI is InChI=1S/C19H20ClN5O/c20-14-4-2-1-3-13(14)16-17-18(24-23-16)22-15(11-21-17)25-8-5-19(6-9-25)7-10-26-12-19/h1-4,11H,5-10,12H2,(H,22,23,24). The Labute approximate surface area is 156 Å². The van der Waals surface area contributed by atoms with Crippen LogP contribution >= 0.6 is 11.6 Å². The zero-order chi connectivity index (χ0) is 17.6. The molecule has 7 heteroatoms. The average molecular weight is 370 g/mol. The van der Waals surface area contributed by atoms with Gasteiger partial charge in [0.1, 0.15) is 17.0 Å². The fraction of sp³-hybridized carbons (Fsp3) is 0.421. The van der Waals surface area contributed by atoms with Crippen molar-refractivity contribution in [3.8, 4) is 11.3 Å². The number of rotatable bonds is 2. The van der Waals surface area contributed by atoms with E-state index in [0.29, 0.717) is 16.1 Å². The van der Waals surface area contributed by atoms with Crippen LogP contribution in [0.1, 0.15) is 19.3 Å². The van der Waals surface area contributed by atoms with E-state index in [4.69, 9.17) is 21.3 Å². The van der Waals surface area contributed by atoms with E-state index in [2.05, 4.69) is 20.1 Å². The highest BCUT2D eigenvalue weighted by Crippen LogP contribution is 2.40. The zero-order valence-electron chi connectivity index (χ0n) is 14.4. The van der Waals surface area contributed by atoms with Crippen molar-refractivity contribution in [1.29, 1.82) is 0 Å². The molecule has 0 unspecified atom stereocenters. The van der Waals surface area contributed by atoms with E-state index < -0.39 is 0 Å². The van der Waals surface area contributed by atoms with Crippen LogP contribution in [0.2, 0.25) is 5.02 Å². The average Bonchev–Trinajstić information content (AvgIpc) is 3.30. The maximum absolute atomic E-state index is 6.31. The molecule has 0 radical (unpaired) electrons. The number of halogens is 1. The molecule has 2 aliphatic heterocycles. The van der Waals surface area contributed by atoms with Gasteiger partial charge in [0, 0.05) is 25.3 Å². The smallest absolute Gasteiger partial charge is 0.177 e. The monoisotopic (exact) mass is 369 g/mol. The summed E-state index contributed by atoms with van der Waals surface area (Å²) in [4.78, 5) is 11.7. The second kappa shape index (κ2) is 6.21. The van der Waals surface area contributed by atoms with Crippen molar-refractivity contribution in [1.82, 2.24) is 20.2 Å². The maximum Gasteiger partial charge on any atom is 0.177 e. The molecule has 2 aromatic heterocycles. The van der Waals surface area contributed by atoms with E-state index >= 15 is 0 Å². The van der Waals surface area contributed by atoms with Crippen molar-refractivity contribution in [2.45, 2.75) is 19.3 Å². The second-order valence-electron chi connectivity index (χ2n) is 7.27. The van der Waals surface area contributed by atoms with Crippen LogP contribution in [0.4, 0.5) is 5.82 Å². The number of nitrogens with zero attached hydrogens (tertiary/aromatic N) is 4. The first-order valence-corrected chi connectivity index (χ1v) is 9.41. The van der Waals surface area contributed by atoms with Crippen LogP contribution in [0, 0.1) is 5.41 Å². The Kier molecular flexibility index (Phi) is 3.83. The Morgan fingerprint density at radius 3 is 2.77 bits per heavy atom.